The topological polar surface area (TPSA) is 38.3 Å². The number of rotatable bonds is 3. The van der Waals surface area contributed by atoms with Gasteiger partial charge in [-0.1, -0.05) is 6.92 Å². The Morgan fingerprint density at radius 2 is 2.00 bits per heavy atom. The van der Waals surface area contributed by atoms with Gasteiger partial charge in [0.15, 0.2) is 0 Å². The van der Waals surface area contributed by atoms with Gasteiger partial charge in [-0.15, -0.1) is 0 Å². The van der Waals surface area contributed by atoms with Crippen molar-refractivity contribution in [2.75, 3.05) is 12.4 Å². The first-order valence-electron chi connectivity index (χ1n) is 4.20. The fourth-order valence-electron chi connectivity index (χ4n) is 0.924. The predicted molar refractivity (Wildman–Crippen MR) is 51.9 cm³/mol. The van der Waals surface area contributed by atoms with Crippen LogP contribution in [0.1, 0.15) is 13.3 Å². The first-order chi connectivity index (χ1) is 6.26. The highest BCUT2D eigenvalue weighted by Gasteiger charge is 1.97. The number of amides is 1. The van der Waals surface area contributed by atoms with E-state index in [4.69, 9.17) is 4.74 Å². The Balaban J connectivity index is 2.64. The number of carbonyl (C=O) groups is 1. The molecule has 0 aliphatic carbocycles. The largest absolute Gasteiger partial charge is 0.497 e. The van der Waals surface area contributed by atoms with E-state index in [1.807, 2.05) is 31.2 Å². The Morgan fingerprint density at radius 1 is 1.38 bits per heavy atom. The lowest BCUT2D eigenvalue weighted by Crippen LogP contribution is -2.08. The summed E-state index contributed by atoms with van der Waals surface area (Å²) in [6.45, 7) is 1.82. The van der Waals surface area contributed by atoms with E-state index < -0.39 is 0 Å². The summed E-state index contributed by atoms with van der Waals surface area (Å²) in [7, 11) is 1.61. The summed E-state index contributed by atoms with van der Waals surface area (Å²) in [5, 5.41) is 2.75. The van der Waals surface area contributed by atoms with Gasteiger partial charge in [-0.05, 0) is 24.3 Å². The lowest BCUT2D eigenvalue weighted by atomic mass is 10.3. The zero-order valence-electron chi connectivity index (χ0n) is 7.83. The van der Waals surface area contributed by atoms with Crippen molar-refractivity contribution in [2.24, 2.45) is 0 Å². The molecule has 0 heterocycles. The van der Waals surface area contributed by atoms with Crippen molar-refractivity contribution < 1.29 is 9.53 Å². The van der Waals surface area contributed by atoms with Gasteiger partial charge in [-0.3, -0.25) is 4.79 Å². The van der Waals surface area contributed by atoms with Crippen LogP contribution in [-0.4, -0.2) is 13.0 Å². The van der Waals surface area contributed by atoms with E-state index in [1.165, 1.54) is 0 Å². The third kappa shape index (κ3) is 2.78. The van der Waals surface area contributed by atoms with E-state index in [1.54, 1.807) is 7.11 Å². The van der Waals surface area contributed by atoms with Crippen LogP contribution in [0.5, 0.6) is 5.75 Å². The van der Waals surface area contributed by atoms with Gasteiger partial charge in [-0.2, -0.15) is 0 Å². The second-order valence-corrected chi connectivity index (χ2v) is 2.63. The Hall–Kier alpha value is -1.51. The minimum atomic E-state index is 0.0187. The molecule has 0 aliphatic heterocycles. The molecule has 1 aromatic rings. The number of nitrogens with one attached hydrogen (secondary N) is 1. The molecule has 13 heavy (non-hydrogen) atoms. The highest BCUT2D eigenvalue weighted by molar-refractivity contribution is 5.90. The zero-order chi connectivity index (χ0) is 9.68. The molecule has 0 fully saturated rings. The van der Waals surface area contributed by atoms with Crippen molar-refractivity contribution in [3.05, 3.63) is 24.3 Å². The molecule has 1 N–H and O–H groups in total. The lowest BCUT2D eigenvalue weighted by Gasteiger charge is -2.04. The number of hydrogen-bond donors (Lipinski definition) is 1. The first kappa shape index (κ1) is 9.58. The van der Waals surface area contributed by atoms with Crippen LogP contribution in [0.25, 0.3) is 0 Å². The second kappa shape index (κ2) is 4.50. The third-order valence-electron chi connectivity index (χ3n) is 1.69. The number of hydrogen-bond acceptors (Lipinski definition) is 2. The van der Waals surface area contributed by atoms with Crippen LogP contribution < -0.4 is 10.1 Å². The van der Waals surface area contributed by atoms with Crippen molar-refractivity contribution in [2.45, 2.75) is 13.3 Å². The molecule has 1 rings (SSSR count). The summed E-state index contributed by atoms with van der Waals surface area (Å²) in [6, 6.07) is 7.25. The standard InChI is InChI=1S/C10H13NO2/c1-3-10(12)11-8-4-6-9(13-2)7-5-8/h4-7H,3H2,1-2H3,(H,11,12). The van der Waals surface area contributed by atoms with Crippen molar-refractivity contribution in [3.63, 3.8) is 0 Å². The van der Waals surface area contributed by atoms with Gasteiger partial charge in [0.25, 0.3) is 0 Å². The molecule has 0 bridgehead atoms. The summed E-state index contributed by atoms with van der Waals surface area (Å²) < 4.78 is 4.99. The Bertz CT molecular complexity index is 279. The van der Waals surface area contributed by atoms with E-state index >= 15 is 0 Å². The third-order valence-corrected chi connectivity index (χ3v) is 1.69. The zero-order valence-corrected chi connectivity index (χ0v) is 7.83. The molecule has 1 amide bonds. The molecule has 1 aromatic carbocycles. The van der Waals surface area contributed by atoms with Crippen molar-refractivity contribution in [3.8, 4) is 5.75 Å². The Labute approximate surface area is 77.7 Å². The summed E-state index contributed by atoms with van der Waals surface area (Å²) >= 11 is 0. The number of methoxy groups -OCH3 is 1. The number of ether oxygens (including phenoxy) is 1. The minimum Gasteiger partial charge on any atom is -0.497 e. The molecule has 0 atom stereocenters. The van der Waals surface area contributed by atoms with Crippen LogP contribution in [0, 0.1) is 0 Å². The Kier molecular flexibility index (Phi) is 3.31. The van der Waals surface area contributed by atoms with Gasteiger partial charge in [0.05, 0.1) is 7.11 Å². The molecule has 3 nitrogen and oxygen atoms in total. The summed E-state index contributed by atoms with van der Waals surface area (Å²) in [6.07, 6.45) is 0.492. The van der Waals surface area contributed by atoms with Crippen molar-refractivity contribution >= 4 is 11.6 Å². The fraction of sp³-hybridized carbons (Fsp3) is 0.300. The highest BCUT2D eigenvalue weighted by atomic mass is 16.5. The molecule has 0 spiro atoms. The molecule has 0 saturated carbocycles. The van der Waals surface area contributed by atoms with E-state index in [2.05, 4.69) is 5.32 Å². The fourth-order valence-corrected chi connectivity index (χ4v) is 0.924. The summed E-state index contributed by atoms with van der Waals surface area (Å²) in [5.74, 6) is 0.805. The van der Waals surface area contributed by atoms with Crippen LogP contribution in [0.3, 0.4) is 0 Å². The second-order valence-electron chi connectivity index (χ2n) is 2.63. The molecule has 70 valence electrons. The average Bonchev–Trinajstić information content (AvgIpc) is 2.19. The summed E-state index contributed by atoms with van der Waals surface area (Å²) in [5.41, 5.74) is 0.799. The van der Waals surface area contributed by atoms with Crippen LogP contribution in [0.4, 0.5) is 5.69 Å². The predicted octanol–water partition coefficient (Wildman–Crippen LogP) is 2.04. The number of anilines is 1. The molecule has 0 aliphatic rings. The average molecular weight is 179 g/mol. The molecule has 3 heteroatoms. The maximum atomic E-state index is 11.0. The quantitative estimate of drug-likeness (QED) is 0.771. The van der Waals surface area contributed by atoms with E-state index in [9.17, 15) is 4.79 Å². The van der Waals surface area contributed by atoms with Gasteiger partial charge >= 0.3 is 0 Å². The summed E-state index contributed by atoms with van der Waals surface area (Å²) in [4.78, 5) is 11.0. The van der Waals surface area contributed by atoms with Gasteiger partial charge in [0, 0.05) is 12.1 Å². The van der Waals surface area contributed by atoms with Crippen LogP contribution >= 0.6 is 0 Å². The molecule has 0 saturated heterocycles. The van der Waals surface area contributed by atoms with Crippen LogP contribution in [-0.2, 0) is 4.79 Å². The van der Waals surface area contributed by atoms with Crippen LogP contribution in [0.2, 0.25) is 0 Å². The molecular weight excluding hydrogens is 166 g/mol. The maximum absolute atomic E-state index is 11.0. The van der Waals surface area contributed by atoms with E-state index in [-0.39, 0.29) is 5.91 Å². The Morgan fingerprint density at radius 3 is 2.46 bits per heavy atom. The normalized spacial score (nSPS) is 9.38. The maximum Gasteiger partial charge on any atom is 0.224 e. The van der Waals surface area contributed by atoms with Gasteiger partial charge in [0.1, 0.15) is 5.75 Å². The number of carbonyl (C=O) groups excluding carboxylic acids is 1. The van der Waals surface area contributed by atoms with E-state index in [0.29, 0.717) is 6.42 Å². The van der Waals surface area contributed by atoms with Gasteiger partial charge in [-0.25, -0.2) is 0 Å². The van der Waals surface area contributed by atoms with Gasteiger partial charge < -0.3 is 10.1 Å². The SMILES string of the molecule is CCC(=O)Nc1ccc(OC)cc1. The monoisotopic (exact) mass is 179 g/mol. The minimum absolute atomic E-state index is 0.0187. The smallest absolute Gasteiger partial charge is 0.224 e. The van der Waals surface area contributed by atoms with Gasteiger partial charge in [0.2, 0.25) is 5.91 Å². The molecule has 0 radical (unpaired) electrons. The molecule has 0 aromatic heterocycles. The van der Waals surface area contributed by atoms with Crippen molar-refractivity contribution in [1.29, 1.82) is 0 Å². The number of benzene rings is 1. The highest BCUT2D eigenvalue weighted by Crippen LogP contribution is 2.14. The van der Waals surface area contributed by atoms with Crippen LogP contribution in [0.15, 0.2) is 24.3 Å². The first-order valence-corrected chi connectivity index (χ1v) is 4.20. The molecular formula is C10H13NO2. The lowest BCUT2D eigenvalue weighted by molar-refractivity contribution is -0.115. The molecule has 0 unspecified atom stereocenters. The van der Waals surface area contributed by atoms with E-state index in [0.717, 1.165) is 11.4 Å². The van der Waals surface area contributed by atoms with Crippen molar-refractivity contribution in [1.82, 2.24) is 0 Å².